The highest BCUT2D eigenvalue weighted by atomic mass is 35.5. The molecule has 5 rings (SSSR count). The maximum atomic E-state index is 12.7. The second kappa shape index (κ2) is 7.02. The van der Waals surface area contributed by atoms with Crippen LogP contribution in [0.3, 0.4) is 0 Å². The molecule has 4 aromatic rings. The SMILES string of the molecule is O=C(CCc1c[nH]c2ccccc12)N[C@H]1CCCc2c1[nH]c1c(Cl)cccc21. The largest absolute Gasteiger partial charge is 0.361 e. The molecular weight excluding hydrogens is 370 g/mol. The maximum absolute atomic E-state index is 12.7. The average Bonchev–Trinajstić information content (AvgIpc) is 3.30. The quantitative estimate of drug-likeness (QED) is 0.427. The average molecular weight is 392 g/mol. The van der Waals surface area contributed by atoms with E-state index in [1.807, 2.05) is 30.5 Å². The number of carbonyl (C=O) groups excluding carboxylic acids is 1. The van der Waals surface area contributed by atoms with Gasteiger partial charge in [-0.1, -0.05) is 41.9 Å². The molecule has 2 heterocycles. The number of rotatable bonds is 4. The lowest BCUT2D eigenvalue weighted by Crippen LogP contribution is -2.31. The van der Waals surface area contributed by atoms with Gasteiger partial charge < -0.3 is 15.3 Å². The van der Waals surface area contributed by atoms with Crippen LogP contribution in [0.1, 0.15) is 42.1 Å². The highest BCUT2D eigenvalue weighted by Crippen LogP contribution is 2.37. The van der Waals surface area contributed by atoms with Gasteiger partial charge in [0.1, 0.15) is 0 Å². The van der Waals surface area contributed by atoms with Crippen molar-refractivity contribution in [3.8, 4) is 0 Å². The van der Waals surface area contributed by atoms with E-state index < -0.39 is 0 Å². The zero-order valence-electron chi connectivity index (χ0n) is 15.5. The minimum absolute atomic E-state index is 0.0303. The van der Waals surface area contributed by atoms with E-state index in [0.717, 1.165) is 47.4 Å². The number of amides is 1. The number of aryl methyl sites for hydroxylation is 2. The number of hydrogen-bond donors (Lipinski definition) is 3. The predicted octanol–water partition coefficient (Wildman–Crippen LogP) is 5.43. The molecule has 1 amide bonds. The number of nitrogens with one attached hydrogen (secondary N) is 3. The second-order valence-corrected chi connectivity index (χ2v) is 7.96. The number of halogens is 1. The van der Waals surface area contributed by atoms with E-state index >= 15 is 0 Å². The summed E-state index contributed by atoms with van der Waals surface area (Å²) in [5.41, 5.74) is 5.70. The van der Waals surface area contributed by atoms with Gasteiger partial charge in [-0.05, 0) is 48.9 Å². The van der Waals surface area contributed by atoms with Crippen molar-refractivity contribution < 1.29 is 4.79 Å². The summed E-state index contributed by atoms with van der Waals surface area (Å²) < 4.78 is 0. The molecule has 2 aromatic heterocycles. The van der Waals surface area contributed by atoms with E-state index in [0.29, 0.717) is 6.42 Å². The fourth-order valence-corrected chi connectivity index (χ4v) is 4.67. The van der Waals surface area contributed by atoms with Crippen LogP contribution in [0.5, 0.6) is 0 Å². The van der Waals surface area contributed by atoms with Gasteiger partial charge in [0.05, 0.1) is 16.6 Å². The molecule has 0 saturated carbocycles. The molecule has 1 aliphatic carbocycles. The van der Waals surface area contributed by atoms with Gasteiger partial charge in [0, 0.05) is 34.6 Å². The van der Waals surface area contributed by atoms with Gasteiger partial charge in [-0.15, -0.1) is 0 Å². The number of benzene rings is 2. The van der Waals surface area contributed by atoms with Crippen LogP contribution in [0.2, 0.25) is 5.02 Å². The van der Waals surface area contributed by atoms with Crippen LogP contribution in [0.4, 0.5) is 0 Å². The summed E-state index contributed by atoms with van der Waals surface area (Å²) in [5.74, 6) is 0.0906. The van der Waals surface area contributed by atoms with Gasteiger partial charge in [-0.3, -0.25) is 4.79 Å². The zero-order valence-corrected chi connectivity index (χ0v) is 16.3. The first-order chi connectivity index (χ1) is 13.7. The van der Waals surface area contributed by atoms with E-state index in [1.54, 1.807) is 0 Å². The third-order valence-corrected chi connectivity index (χ3v) is 6.14. The molecule has 0 aliphatic heterocycles. The van der Waals surface area contributed by atoms with Crippen molar-refractivity contribution >= 4 is 39.3 Å². The van der Waals surface area contributed by atoms with E-state index in [4.69, 9.17) is 11.6 Å². The summed E-state index contributed by atoms with van der Waals surface area (Å²) in [7, 11) is 0. The van der Waals surface area contributed by atoms with Crippen LogP contribution in [-0.4, -0.2) is 15.9 Å². The Morgan fingerprint density at radius 1 is 1.14 bits per heavy atom. The van der Waals surface area contributed by atoms with Crippen LogP contribution in [0.25, 0.3) is 21.8 Å². The lowest BCUT2D eigenvalue weighted by Gasteiger charge is -2.24. The summed E-state index contributed by atoms with van der Waals surface area (Å²) in [6.45, 7) is 0. The molecule has 0 spiro atoms. The number of fused-ring (bicyclic) bond motifs is 4. The monoisotopic (exact) mass is 391 g/mol. The molecule has 3 N–H and O–H groups in total. The Balaban J connectivity index is 1.32. The zero-order chi connectivity index (χ0) is 19.1. The van der Waals surface area contributed by atoms with E-state index in [9.17, 15) is 4.79 Å². The molecule has 1 aliphatic rings. The Morgan fingerprint density at radius 2 is 2.00 bits per heavy atom. The summed E-state index contributed by atoms with van der Waals surface area (Å²) in [6.07, 6.45) is 6.27. The molecule has 0 saturated heterocycles. The lowest BCUT2D eigenvalue weighted by molar-refractivity contribution is -0.121. The number of para-hydroxylation sites is 2. The molecule has 5 heteroatoms. The van der Waals surface area contributed by atoms with Crippen molar-refractivity contribution in [2.45, 2.75) is 38.1 Å². The molecular formula is C23H22ClN3O. The first kappa shape index (κ1) is 17.4. The Morgan fingerprint density at radius 3 is 2.93 bits per heavy atom. The second-order valence-electron chi connectivity index (χ2n) is 7.55. The Hall–Kier alpha value is -2.72. The van der Waals surface area contributed by atoms with Gasteiger partial charge >= 0.3 is 0 Å². The summed E-state index contributed by atoms with van der Waals surface area (Å²) in [4.78, 5) is 19.4. The molecule has 1 atom stereocenters. The lowest BCUT2D eigenvalue weighted by atomic mass is 9.91. The standard InChI is InChI=1S/C23H22ClN3O/c24-18-8-3-6-16-17-7-4-10-20(23(17)27-22(16)18)26-21(28)12-11-14-13-25-19-9-2-1-5-15(14)19/h1-3,5-6,8-9,13,20,25,27H,4,7,10-12H2,(H,26,28)/t20-/m0/s1. The fraction of sp³-hybridized carbons (Fsp3) is 0.261. The van der Waals surface area contributed by atoms with Crippen molar-refractivity contribution in [1.29, 1.82) is 0 Å². The molecule has 28 heavy (non-hydrogen) atoms. The van der Waals surface area contributed by atoms with Crippen LogP contribution in [-0.2, 0) is 17.6 Å². The maximum Gasteiger partial charge on any atom is 0.220 e. The summed E-state index contributed by atoms with van der Waals surface area (Å²) in [6, 6.07) is 14.2. The van der Waals surface area contributed by atoms with Crippen LogP contribution in [0, 0.1) is 0 Å². The van der Waals surface area contributed by atoms with Gasteiger partial charge in [0.15, 0.2) is 0 Å². The highest BCUT2D eigenvalue weighted by Gasteiger charge is 2.26. The van der Waals surface area contributed by atoms with Crippen molar-refractivity contribution in [3.63, 3.8) is 0 Å². The number of aromatic amines is 2. The predicted molar refractivity (Wildman–Crippen MR) is 114 cm³/mol. The Labute approximate surface area is 168 Å². The van der Waals surface area contributed by atoms with Crippen LogP contribution < -0.4 is 5.32 Å². The van der Waals surface area contributed by atoms with Gasteiger partial charge in [-0.2, -0.15) is 0 Å². The molecule has 2 aromatic carbocycles. The van der Waals surface area contributed by atoms with Crippen LogP contribution >= 0.6 is 11.6 Å². The van der Waals surface area contributed by atoms with Gasteiger partial charge in [-0.25, -0.2) is 0 Å². The Kier molecular flexibility index (Phi) is 4.36. The minimum atomic E-state index is 0.0303. The van der Waals surface area contributed by atoms with E-state index in [1.165, 1.54) is 21.9 Å². The van der Waals surface area contributed by atoms with Crippen molar-refractivity contribution in [2.24, 2.45) is 0 Å². The highest BCUT2D eigenvalue weighted by molar-refractivity contribution is 6.35. The topological polar surface area (TPSA) is 60.7 Å². The minimum Gasteiger partial charge on any atom is -0.361 e. The third-order valence-electron chi connectivity index (χ3n) is 5.82. The van der Waals surface area contributed by atoms with Crippen molar-refractivity contribution in [3.05, 3.63) is 70.5 Å². The third kappa shape index (κ3) is 2.98. The normalized spacial score (nSPS) is 16.4. The van der Waals surface area contributed by atoms with E-state index in [-0.39, 0.29) is 11.9 Å². The van der Waals surface area contributed by atoms with Gasteiger partial charge in [0.2, 0.25) is 5.91 Å². The first-order valence-corrected chi connectivity index (χ1v) is 10.2. The summed E-state index contributed by atoms with van der Waals surface area (Å²) >= 11 is 6.36. The van der Waals surface area contributed by atoms with Crippen molar-refractivity contribution in [2.75, 3.05) is 0 Å². The number of carbonyl (C=O) groups is 1. The first-order valence-electron chi connectivity index (χ1n) is 9.84. The molecule has 0 unspecified atom stereocenters. The number of aromatic nitrogens is 2. The fourth-order valence-electron chi connectivity index (χ4n) is 4.45. The molecule has 0 fully saturated rings. The molecule has 0 bridgehead atoms. The van der Waals surface area contributed by atoms with Crippen molar-refractivity contribution in [1.82, 2.24) is 15.3 Å². The Bertz CT molecular complexity index is 1170. The molecule has 0 radical (unpaired) electrons. The van der Waals surface area contributed by atoms with Crippen LogP contribution in [0.15, 0.2) is 48.7 Å². The molecule has 4 nitrogen and oxygen atoms in total. The molecule has 142 valence electrons. The van der Waals surface area contributed by atoms with E-state index in [2.05, 4.69) is 33.5 Å². The summed E-state index contributed by atoms with van der Waals surface area (Å²) in [5, 5.41) is 6.35. The number of H-pyrrole nitrogens is 2. The smallest absolute Gasteiger partial charge is 0.220 e. The van der Waals surface area contributed by atoms with Gasteiger partial charge in [0.25, 0.3) is 0 Å². The number of hydrogen-bond acceptors (Lipinski definition) is 1.